The second kappa shape index (κ2) is 10.6. The minimum Gasteiger partial charge on any atom is -0.444 e. The maximum atomic E-state index is 12.4. The number of carbonyl (C=O) groups is 1. The number of hydrogen-bond donors (Lipinski definition) is 2. The summed E-state index contributed by atoms with van der Waals surface area (Å²) in [6.45, 7) is 9.78. The summed E-state index contributed by atoms with van der Waals surface area (Å²) in [4.78, 5) is 12.4. The zero-order valence-electron chi connectivity index (χ0n) is 17.2. The predicted molar refractivity (Wildman–Crippen MR) is 107 cm³/mol. The van der Waals surface area contributed by atoms with Gasteiger partial charge in [0.2, 0.25) is 0 Å². The highest BCUT2D eigenvalue weighted by molar-refractivity contribution is 5.68. The molecule has 0 aliphatic carbocycles. The standard InChI is InChI=1S/C22H37NO3/c1-6-8-15-22(25,16-9-7-2)19(17-18-13-11-10-12-14-18)23-20(24)26-21(3,4)5/h10-14,19,25H,6-9,15-17H2,1-5H3,(H,23,24). The van der Waals surface area contributed by atoms with E-state index in [2.05, 4.69) is 19.2 Å². The lowest BCUT2D eigenvalue weighted by molar-refractivity contribution is -0.0233. The zero-order chi connectivity index (χ0) is 19.6. The van der Waals surface area contributed by atoms with Crippen LogP contribution in [0.5, 0.6) is 0 Å². The molecule has 0 spiro atoms. The Morgan fingerprint density at radius 3 is 2.08 bits per heavy atom. The first-order chi connectivity index (χ1) is 12.2. The topological polar surface area (TPSA) is 58.6 Å². The molecule has 26 heavy (non-hydrogen) atoms. The van der Waals surface area contributed by atoms with Crippen LogP contribution in [0, 0.1) is 0 Å². The molecule has 148 valence electrons. The average molecular weight is 364 g/mol. The van der Waals surface area contributed by atoms with Crippen molar-refractivity contribution >= 4 is 6.09 Å². The number of rotatable bonds is 10. The summed E-state index contributed by atoms with van der Waals surface area (Å²) >= 11 is 0. The first-order valence-electron chi connectivity index (χ1n) is 9.96. The van der Waals surface area contributed by atoms with Gasteiger partial charge in [0.25, 0.3) is 0 Å². The van der Waals surface area contributed by atoms with Crippen molar-refractivity contribution in [1.29, 1.82) is 0 Å². The van der Waals surface area contributed by atoms with Crippen LogP contribution in [0.4, 0.5) is 4.79 Å². The molecule has 0 aliphatic heterocycles. The molecule has 4 heteroatoms. The molecule has 0 saturated heterocycles. The van der Waals surface area contributed by atoms with Crippen molar-refractivity contribution in [2.45, 2.75) is 96.8 Å². The molecule has 4 nitrogen and oxygen atoms in total. The molecule has 0 aliphatic rings. The first-order valence-corrected chi connectivity index (χ1v) is 9.96. The number of nitrogens with one attached hydrogen (secondary N) is 1. The molecular formula is C22H37NO3. The maximum absolute atomic E-state index is 12.4. The molecule has 0 heterocycles. The van der Waals surface area contributed by atoms with Crippen LogP contribution >= 0.6 is 0 Å². The molecule has 0 bridgehead atoms. The van der Waals surface area contributed by atoms with Gasteiger partial charge >= 0.3 is 6.09 Å². The van der Waals surface area contributed by atoms with Crippen LogP contribution in [-0.4, -0.2) is 28.4 Å². The molecule has 0 saturated carbocycles. The van der Waals surface area contributed by atoms with Gasteiger partial charge in [-0.2, -0.15) is 0 Å². The van der Waals surface area contributed by atoms with E-state index in [-0.39, 0.29) is 6.04 Å². The molecular weight excluding hydrogens is 326 g/mol. The summed E-state index contributed by atoms with van der Waals surface area (Å²) in [6, 6.07) is 9.62. The molecule has 1 rings (SSSR count). The highest BCUT2D eigenvalue weighted by Gasteiger charge is 2.37. The summed E-state index contributed by atoms with van der Waals surface area (Å²) in [6.07, 6.45) is 5.36. The number of amides is 1. The minimum absolute atomic E-state index is 0.377. The molecule has 0 fully saturated rings. The number of benzene rings is 1. The van der Waals surface area contributed by atoms with Crippen LogP contribution < -0.4 is 5.32 Å². The van der Waals surface area contributed by atoms with E-state index < -0.39 is 17.3 Å². The Labute approximate surface area is 159 Å². The van der Waals surface area contributed by atoms with Gasteiger partial charge in [0.1, 0.15) is 5.60 Å². The Kier molecular flexibility index (Phi) is 9.14. The Morgan fingerprint density at radius 2 is 1.62 bits per heavy atom. The van der Waals surface area contributed by atoms with Gasteiger partial charge in [-0.25, -0.2) is 4.79 Å². The number of aliphatic hydroxyl groups is 1. The van der Waals surface area contributed by atoms with Crippen molar-refractivity contribution in [3.63, 3.8) is 0 Å². The van der Waals surface area contributed by atoms with Gasteiger partial charge in [0, 0.05) is 0 Å². The monoisotopic (exact) mass is 363 g/mol. The van der Waals surface area contributed by atoms with E-state index in [1.807, 2.05) is 51.1 Å². The highest BCUT2D eigenvalue weighted by Crippen LogP contribution is 2.28. The zero-order valence-corrected chi connectivity index (χ0v) is 17.2. The first kappa shape index (κ1) is 22.5. The fraction of sp³-hybridized carbons (Fsp3) is 0.682. The van der Waals surface area contributed by atoms with E-state index in [0.717, 1.165) is 31.2 Å². The molecule has 1 aromatic rings. The number of alkyl carbamates (subject to hydrolysis) is 1. The van der Waals surface area contributed by atoms with Gasteiger partial charge in [-0.15, -0.1) is 0 Å². The fourth-order valence-electron chi connectivity index (χ4n) is 3.11. The number of hydrogen-bond acceptors (Lipinski definition) is 3. The summed E-state index contributed by atoms with van der Waals surface area (Å²) in [5, 5.41) is 14.4. The SMILES string of the molecule is CCCCC(O)(CCCC)C(Cc1ccccc1)NC(=O)OC(C)(C)C. The molecule has 1 unspecified atom stereocenters. The Balaban J connectivity index is 3.02. The quantitative estimate of drug-likeness (QED) is 0.598. The molecule has 2 N–H and O–H groups in total. The summed E-state index contributed by atoms with van der Waals surface area (Å²) in [5.74, 6) is 0. The van der Waals surface area contributed by atoms with Gasteiger partial charge in [-0.3, -0.25) is 0 Å². The number of carbonyl (C=O) groups excluding carboxylic acids is 1. The summed E-state index contributed by atoms with van der Waals surface area (Å²) < 4.78 is 5.45. The third-order valence-electron chi connectivity index (χ3n) is 4.55. The summed E-state index contributed by atoms with van der Waals surface area (Å²) in [5.41, 5.74) is -0.398. The van der Waals surface area contributed by atoms with Crippen LogP contribution in [0.3, 0.4) is 0 Å². The molecule has 1 amide bonds. The van der Waals surface area contributed by atoms with Crippen LogP contribution in [-0.2, 0) is 11.2 Å². The lowest BCUT2D eigenvalue weighted by Crippen LogP contribution is -2.54. The molecule has 1 aromatic carbocycles. The molecule has 0 radical (unpaired) electrons. The van der Waals surface area contributed by atoms with Crippen LogP contribution in [0.2, 0.25) is 0 Å². The van der Waals surface area contributed by atoms with Gasteiger partial charge < -0.3 is 15.2 Å². The summed E-state index contributed by atoms with van der Waals surface area (Å²) in [7, 11) is 0. The van der Waals surface area contributed by atoms with Crippen molar-refractivity contribution in [2.75, 3.05) is 0 Å². The second-order valence-electron chi connectivity index (χ2n) is 8.20. The van der Waals surface area contributed by atoms with Gasteiger partial charge in [0.05, 0.1) is 11.6 Å². The van der Waals surface area contributed by atoms with E-state index in [1.54, 1.807) is 0 Å². The van der Waals surface area contributed by atoms with E-state index in [1.165, 1.54) is 0 Å². The van der Waals surface area contributed by atoms with E-state index in [0.29, 0.717) is 19.3 Å². The predicted octanol–water partition coefficient (Wildman–Crippen LogP) is 5.23. The minimum atomic E-state index is -0.932. The Morgan fingerprint density at radius 1 is 1.08 bits per heavy atom. The van der Waals surface area contributed by atoms with Crippen molar-refractivity contribution in [2.24, 2.45) is 0 Å². The lowest BCUT2D eigenvalue weighted by atomic mass is 9.81. The Bertz CT molecular complexity index is 514. The van der Waals surface area contributed by atoms with Crippen LogP contribution in [0.25, 0.3) is 0 Å². The van der Waals surface area contributed by atoms with Gasteiger partial charge in [-0.1, -0.05) is 69.9 Å². The van der Waals surface area contributed by atoms with Gasteiger partial charge in [0.15, 0.2) is 0 Å². The van der Waals surface area contributed by atoms with Crippen molar-refractivity contribution in [3.05, 3.63) is 35.9 Å². The lowest BCUT2D eigenvalue weighted by Gasteiger charge is -2.37. The molecule has 0 aromatic heterocycles. The number of ether oxygens (including phenoxy) is 1. The highest BCUT2D eigenvalue weighted by atomic mass is 16.6. The fourth-order valence-corrected chi connectivity index (χ4v) is 3.11. The van der Waals surface area contributed by atoms with E-state index in [4.69, 9.17) is 4.74 Å². The second-order valence-corrected chi connectivity index (χ2v) is 8.20. The third kappa shape index (κ3) is 8.22. The van der Waals surface area contributed by atoms with Gasteiger partial charge in [-0.05, 0) is 45.6 Å². The van der Waals surface area contributed by atoms with E-state index >= 15 is 0 Å². The normalized spacial score (nSPS) is 13.3. The molecule has 1 atom stereocenters. The van der Waals surface area contributed by atoms with Crippen LogP contribution in [0.15, 0.2) is 30.3 Å². The smallest absolute Gasteiger partial charge is 0.407 e. The van der Waals surface area contributed by atoms with E-state index in [9.17, 15) is 9.90 Å². The van der Waals surface area contributed by atoms with Crippen LogP contribution in [0.1, 0.15) is 78.7 Å². The van der Waals surface area contributed by atoms with Crippen molar-refractivity contribution < 1.29 is 14.6 Å². The number of unbranched alkanes of at least 4 members (excludes halogenated alkanes) is 2. The maximum Gasteiger partial charge on any atom is 0.407 e. The van der Waals surface area contributed by atoms with Crippen molar-refractivity contribution in [3.8, 4) is 0 Å². The largest absolute Gasteiger partial charge is 0.444 e. The van der Waals surface area contributed by atoms with Crippen molar-refractivity contribution in [1.82, 2.24) is 5.32 Å². The third-order valence-corrected chi connectivity index (χ3v) is 4.55. The average Bonchev–Trinajstić information content (AvgIpc) is 2.57. The Hall–Kier alpha value is -1.55.